The third-order valence-electron chi connectivity index (χ3n) is 9.35. The molecule has 5 N–H and O–H groups in total. The van der Waals surface area contributed by atoms with Crippen molar-refractivity contribution in [2.45, 2.75) is 46.5 Å². The number of nitrogens with zero attached hydrogens (tertiary/aromatic N) is 1. The summed E-state index contributed by atoms with van der Waals surface area (Å²) in [5.41, 5.74) is 4.28. The van der Waals surface area contributed by atoms with Crippen LogP contribution in [0.5, 0.6) is 11.5 Å². The van der Waals surface area contributed by atoms with E-state index in [0.717, 1.165) is 0 Å². The highest BCUT2D eigenvalue weighted by Gasteiger charge is 2.24. The van der Waals surface area contributed by atoms with Crippen LogP contribution in [0.25, 0.3) is 0 Å². The summed E-state index contributed by atoms with van der Waals surface area (Å²) < 4.78 is 13.1. The minimum Gasteiger partial charge on any atom is -0.507 e. The van der Waals surface area contributed by atoms with Crippen LogP contribution in [0, 0.1) is 43.8 Å². The molecule has 12 heteroatoms. The number of nitriles is 1. The molecule has 0 aliphatic carbocycles. The van der Waals surface area contributed by atoms with Crippen LogP contribution in [0.3, 0.4) is 0 Å². The van der Waals surface area contributed by atoms with Crippen LogP contribution < -0.4 is 16.0 Å². The summed E-state index contributed by atoms with van der Waals surface area (Å²) in [5.74, 6) is -3.72. The van der Waals surface area contributed by atoms with Gasteiger partial charge in [0.15, 0.2) is 5.78 Å². The molecular formula is C44H39FN4O7. The molecule has 0 heterocycles. The number of carbonyl (C=O) groups is 5. The summed E-state index contributed by atoms with van der Waals surface area (Å²) in [6.07, 6.45) is -0.167. The Morgan fingerprint density at radius 3 is 1.80 bits per heavy atom. The number of phenolic OH excluding ortho intramolecular Hbond substituents is 2. The number of Topliss-reactive ketones (excluding diaryl/α,β-unsaturated/α-hetero) is 2. The van der Waals surface area contributed by atoms with Gasteiger partial charge in [0.05, 0.1) is 17.6 Å². The molecule has 284 valence electrons. The molecule has 0 radical (unpaired) electrons. The van der Waals surface area contributed by atoms with Crippen molar-refractivity contribution >= 4 is 46.4 Å². The molecule has 1 atom stereocenters. The maximum Gasteiger partial charge on any atom is 0.259 e. The van der Waals surface area contributed by atoms with Crippen LogP contribution >= 0.6 is 0 Å². The van der Waals surface area contributed by atoms with E-state index >= 15 is 0 Å². The number of carbonyl (C=O) groups excluding carboxylic acids is 5. The van der Waals surface area contributed by atoms with Crippen molar-refractivity contribution in [3.63, 3.8) is 0 Å². The number of hydrogen-bond donors (Lipinski definition) is 5. The monoisotopic (exact) mass is 754 g/mol. The molecule has 0 spiro atoms. The number of rotatable bonds is 14. The normalized spacial score (nSPS) is 11.2. The minimum absolute atomic E-state index is 0.0293. The fraction of sp³-hybridized carbons (Fsp3) is 0.182. The second-order valence-corrected chi connectivity index (χ2v) is 13.4. The SMILES string of the molecule is Cc1ccc(NC(=O)c2ccc(NC(=O)c3ccc(NC(=O)C(CC#N)CC(=O)c4ccc(CC(=O)Cc5ccc(F)cc5)cc4)cc3)c(C)c2O)c(C)c1O. The summed E-state index contributed by atoms with van der Waals surface area (Å²) >= 11 is 0. The second kappa shape index (κ2) is 17.8. The lowest BCUT2D eigenvalue weighted by atomic mass is 9.94. The van der Waals surface area contributed by atoms with Crippen LogP contribution in [0.1, 0.15) is 71.7 Å². The second-order valence-electron chi connectivity index (χ2n) is 13.4. The fourth-order valence-electron chi connectivity index (χ4n) is 5.96. The molecule has 0 aliphatic rings. The molecule has 1 unspecified atom stereocenters. The van der Waals surface area contributed by atoms with Gasteiger partial charge < -0.3 is 26.2 Å². The average molecular weight is 755 g/mol. The molecule has 0 aromatic heterocycles. The Morgan fingerprint density at radius 2 is 1.20 bits per heavy atom. The number of anilines is 3. The topological polar surface area (TPSA) is 186 Å². The number of aromatic hydroxyl groups is 2. The van der Waals surface area contributed by atoms with Gasteiger partial charge in [-0.05, 0) is 92.1 Å². The van der Waals surface area contributed by atoms with E-state index in [9.17, 15) is 43.8 Å². The lowest BCUT2D eigenvalue weighted by molar-refractivity contribution is -0.120. The van der Waals surface area contributed by atoms with Crippen molar-refractivity contribution in [1.82, 2.24) is 0 Å². The molecule has 0 aliphatic heterocycles. The van der Waals surface area contributed by atoms with E-state index < -0.39 is 23.6 Å². The summed E-state index contributed by atoms with van der Waals surface area (Å²) in [4.78, 5) is 64.8. The molecule has 0 bridgehead atoms. The van der Waals surface area contributed by atoms with Crippen molar-refractivity contribution in [1.29, 1.82) is 5.26 Å². The van der Waals surface area contributed by atoms with E-state index in [2.05, 4.69) is 16.0 Å². The zero-order chi connectivity index (χ0) is 40.5. The molecule has 56 heavy (non-hydrogen) atoms. The number of hydrogen-bond acceptors (Lipinski definition) is 8. The van der Waals surface area contributed by atoms with Crippen LogP contribution in [-0.4, -0.2) is 39.5 Å². The lowest BCUT2D eigenvalue weighted by Gasteiger charge is -2.15. The van der Waals surface area contributed by atoms with Crippen LogP contribution in [0.2, 0.25) is 0 Å². The third kappa shape index (κ3) is 9.89. The van der Waals surface area contributed by atoms with Crippen molar-refractivity contribution in [2.24, 2.45) is 5.92 Å². The number of halogens is 1. The zero-order valence-electron chi connectivity index (χ0n) is 30.9. The van der Waals surface area contributed by atoms with E-state index in [1.807, 2.05) is 6.07 Å². The summed E-state index contributed by atoms with van der Waals surface area (Å²) in [6.45, 7) is 4.94. The van der Waals surface area contributed by atoms with Crippen LogP contribution in [0.15, 0.2) is 97.1 Å². The van der Waals surface area contributed by atoms with E-state index in [-0.39, 0.29) is 76.9 Å². The van der Waals surface area contributed by atoms with Crippen LogP contribution in [0.4, 0.5) is 21.5 Å². The average Bonchev–Trinajstić information content (AvgIpc) is 3.18. The Morgan fingerprint density at radius 1 is 0.661 bits per heavy atom. The van der Waals surface area contributed by atoms with Crippen molar-refractivity contribution < 1.29 is 38.6 Å². The molecule has 11 nitrogen and oxygen atoms in total. The highest BCUT2D eigenvalue weighted by atomic mass is 19.1. The Labute approximate surface area is 322 Å². The molecule has 3 amide bonds. The standard InChI is InChI=1S/C44H39FN4O7/c1-25-4-18-37(26(2)40(25)52)49-44(56)36-17-19-38(27(3)41(36)53)48-42(54)31-11-15-34(16-12-31)47-43(55)32(20-21-46)24-39(51)30-9-5-28(6-10-30)22-35(50)23-29-7-13-33(45)14-8-29/h4-19,32,52-53H,20,22-24H2,1-3H3,(H,47,55)(H,48,54)(H,49,56). The van der Waals surface area contributed by atoms with Gasteiger partial charge >= 0.3 is 0 Å². The van der Waals surface area contributed by atoms with E-state index in [1.165, 1.54) is 48.5 Å². The molecule has 5 aromatic rings. The number of phenols is 2. The van der Waals surface area contributed by atoms with Gasteiger partial charge in [-0.3, -0.25) is 24.0 Å². The minimum atomic E-state index is -0.957. The van der Waals surface area contributed by atoms with E-state index in [0.29, 0.717) is 39.2 Å². The summed E-state index contributed by atoms with van der Waals surface area (Å²) in [6, 6.07) is 26.2. The van der Waals surface area contributed by atoms with E-state index in [4.69, 9.17) is 0 Å². The zero-order valence-corrected chi connectivity index (χ0v) is 30.9. The Balaban J connectivity index is 1.15. The maximum absolute atomic E-state index is 13.2. The van der Waals surface area contributed by atoms with E-state index in [1.54, 1.807) is 69.3 Å². The number of ketones is 2. The van der Waals surface area contributed by atoms with Gasteiger partial charge in [0, 0.05) is 65.0 Å². The first-order chi connectivity index (χ1) is 26.7. The van der Waals surface area contributed by atoms with Gasteiger partial charge in [-0.25, -0.2) is 4.39 Å². The summed E-state index contributed by atoms with van der Waals surface area (Å²) in [7, 11) is 0. The van der Waals surface area contributed by atoms with Crippen molar-refractivity contribution in [3.05, 3.63) is 147 Å². The highest BCUT2D eigenvalue weighted by Crippen LogP contribution is 2.32. The van der Waals surface area contributed by atoms with Gasteiger partial charge in [0.2, 0.25) is 5.91 Å². The first-order valence-corrected chi connectivity index (χ1v) is 17.6. The van der Waals surface area contributed by atoms with Crippen molar-refractivity contribution in [3.8, 4) is 17.6 Å². The maximum atomic E-state index is 13.2. The first-order valence-electron chi connectivity index (χ1n) is 17.6. The van der Waals surface area contributed by atoms with Crippen molar-refractivity contribution in [2.75, 3.05) is 16.0 Å². The summed E-state index contributed by atoms with van der Waals surface area (Å²) in [5, 5.41) is 38.5. The lowest BCUT2D eigenvalue weighted by Crippen LogP contribution is -2.25. The molecule has 0 saturated carbocycles. The largest absolute Gasteiger partial charge is 0.507 e. The van der Waals surface area contributed by atoms with Gasteiger partial charge in [-0.15, -0.1) is 0 Å². The number of nitrogens with one attached hydrogen (secondary N) is 3. The van der Waals surface area contributed by atoms with Gasteiger partial charge in [-0.1, -0.05) is 42.5 Å². The molecule has 0 fully saturated rings. The van der Waals surface area contributed by atoms with Gasteiger partial charge in [0.25, 0.3) is 11.8 Å². The molecule has 5 rings (SSSR count). The predicted octanol–water partition coefficient (Wildman–Crippen LogP) is 7.76. The Hall–Kier alpha value is -7.13. The number of benzene rings is 5. The van der Waals surface area contributed by atoms with Gasteiger partial charge in [-0.2, -0.15) is 5.26 Å². The molecule has 5 aromatic carbocycles. The predicted molar refractivity (Wildman–Crippen MR) is 209 cm³/mol. The number of amides is 3. The Kier molecular flexibility index (Phi) is 12.7. The molecular weight excluding hydrogens is 716 g/mol. The number of aryl methyl sites for hydroxylation is 1. The van der Waals surface area contributed by atoms with Crippen LogP contribution in [-0.2, 0) is 22.4 Å². The quantitative estimate of drug-likeness (QED) is 0.0712. The highest BCUT2D eigenvalue weighted by molar-refractivity contribution is 6.09. The smallest absolute Gasteiger partial charge is 0.259 e. The third-order valence-corrected chi connectivity index (χ3v) is 9.35. The van der Waals surface area contributed by atoms with Gasteiger partial charge in [0.1, 0.15) is 23.1 Å². The molecule has 0 saturated heterocycles. The first kappa shape index (κ1) is 40.1. The Bertz CT molecular complexity index is 2350. The fourth-order valence-corrected chi connectivity index (χ4v) is 5.96.